The number of H-pyrrole nitrogens is 1. The number of amides is 1. The molecule has 1 fully saturated rings. The van der Waals surface area contributed by atoms with Crippen LogP contribution in [0.3, 0.4) is 0 Å². The van der Waals surface area contributed by atoms with E-state index in [-0.39, 0.29) is 17.0 Å². The van der Waals surface area contributed by atoms with Gasteiger partial charge in [-0.3, -0.25) is 9.59 Å². The SMILES string of the molecule is O=C(c1ccc[nH]c1=O)N1CCC[C@@H](O)C1. The standard InChI is InChI=1S/C11H14N2O3/c14-8-3-2-6-13(7-8)11(16)9-4-1-5-12-10(9)15/h1,4-5,8,14H,2-3,6-7H2,(H,12,15)/t8-/m1/s1. The van der Waals surface area contributed by atoms with Crippen molar-refractivity contribution >= 4 is 5.91 Å². The molecule has 1 aromatic heterocycles. The van der Waals surface area contributed by atoms with Gasteiger partial charge >= 0.3 is 0 Å². The van der Waals surface area contributed by atoms with E-state index in [1.54, 1.807) is 6.07 Å². The average molecular weight is 222 g/mol. The van der Waals surface area contributed by atoms with Gasteiger partial charge in [0.15, 0.2) is 0 Å². The summed E-state index contributed by atoms with van der Waals surface area (Å²) in [6.45, 7) is 0.914. The molecule has 0 spiro atoms. The summed E-state index contributed by atoms with van der Waals surface area (Å²) in [5.74, 6) is -0.305. The Morgan fingerprint density at radius 2 is 2.38 bits per heavy atom. The van der Waals surface area contributed by atoms with Gasteiger partial charge in [0.25, 0.3) is 11.5 Å². The normalized spacial score (nSPS) is 20.8. The van der Waals surface area contributed by atoms with E-state index in [0.29, 0.717) is 13.1 Å². The maximum absolute atomic E-state index is 12.0. The number of aromatic nitrogens is 1. The Kier molecular flexibility index (Phi) is 3.05. The summed E-state index contributed by atoms with van der Waals surface area (Å²) in [6, 6.07) is 3.12. The molecule has 5 nitrogen and oxygen atoms in total. The molecule has 2 rings (SSSR count). The molecule has 1 atom stereocenters. The number of β-amino-alcohol motifs (C(OH)–C–C–N with tert-alkyl or cyclic N) is 1. The van der Waals surface area contributed by atoms with Crippen LogP contribution in [0.1, 0.15) is 23.2 Å². The lowest BCUT2D eigenvalue weighted by Gasteiger charge is -2.29. The second-order valence-corrected chi connectivity index (χ2v) is 3.96. The van der Waals surface area contributed by atoms with Gasteiger partial charge in [0.1, 0.15) is 5.56 Å². The molecular weight excluding hydrogens is 208 g/mol. The van der Waals surface area contributed by atoms with Gasteiger partial charge in [-0.1, -0.05) is 0 Å². The number of aromatic amines is 1. The highest BCUT2D eigenvalue weighted by molar-refractivity contribution is 5.93. The topological polar surface area (TPSA) is 73.4 Å². The van der Waals surface area contributed by atoms with Crippen LogP contribution in [0.5, 0.6) is 0 Å². The minimum atomic E-state index is -0.472. The second kappa shape index (κ2) is 4.49. The number of aliphatic hydroxyl groups excluding tert-OH is 1. The number of aliphatic hydroxyl groups is 1. The average Bonchev–Trinajstić information content (AvgIpc) is 2.29. The van der Waals surface area contributed by atoms with Crippen LogP contribution in [0.25, 0.3) is 0 Å². The highest BCUT2D eigenvalue weighted by Gasteiger charge is 2.24. The van der Waals surface area contributed by atoms with E-state index in [4.69, 9.17) is 0 Å². The van der Waals surface area contributed by atoms with Gasteiger partial charge in [-0.05, 0) is 25.0 Å². The summed E-state index contributed by atoms with van der Waals surface area (Å²) in [5.41, 5.74) is -0.246. The van der Waals surface area contributed by atoms with Crippen molar-refractivity contribution in [1.82, 2.24) is 9.88 Å². The lowest BCUT2D eigenvalue weighted by Crippen LogP contribution is -2.43. The first-order valence-corrected chi connectivity index (χ1v) is 5.33. The van der Waals surface area contributed by atoms with E-state index >= 15 is 0 Å². The van der Waals surface area contributed by atoms with Gasteiger partial charge in [0.2, 0.25) is 0 Å². The van der Waals surface area contributed by atoms with Crippen molar-refractivity contribution in [3.8, 4) is 0 Å². The van der Waals surface area contributed by atoms with Crippen LogP contribution < -0.4 is 5.56 Å². The van der Waals surface area contributed by atoms with Crippen molar-refractivity contribution in [2.24, 2.45) is 0 Å². The quantitative estimate of drug-likeness (QED) is 0.701. The molecule has 0 bridgehead atoms. The minimum absolute atomic E-state index is 0.136. The summed E-state index contributed by atoms with van der Waals surface area (Å²) < 4.78 is 0. The van der Waals surface area contributed by atoms with Gasteiger partial charge in [0, 0.05) is 19.3 Å². The number of pyridine rings is 1. The summed E-state index contributed by atoms with van der Waals surface area (Å²) in [4.78, 5) is 27.4. The fourth-order valence-electron chi connectivity index (χ4n) is 1.90. The lowest BCUT2D eigenvalue weighted by atomic mass is 10.1. The zero-order valence-electron chi connectivity index (χ0n) is 8.85. The molecular formula is C11H14N2O3. The monoisotopic (exact) mass is 222 g/mol. The van der Waals surface area contributed by atoms with Crippen LogP contribution in [0.2, 0.25) is 0 Å². The fourth-order valence-corrected chi connectivity index (χ4v) is 1.90. The molecule has 0 radical (unpaired) electrons. The Bertz CT molecular complexity index is 441. The predicted molar refractivity (Wildman–Crippen MR) is 58.2 cm³/mol. The van der Waals surface area contributed by atoms with Gasteiger partial charge in [-0.25, -0.2) is 0 Å². The smallest absolute Gasteiger partial charge is 0.260 e. The molecule has 2 N–H and O–H groups in total. The molecule has 16 heavy (non-hydrogen) atoms. The van der Waals surface area contributed by atoms with Crippen molar-refractivity contribution < 1.29 is 9.90 Å². The highest BCUT2D eigenvalue weighted by atomic mass is 16.3. The molecule has 1 amide bonds. The predicted octanol–water partition coefficient (Wildman–Crippen LogP) is -0.0282. The van der Waals surface area contributed by atoms with E-state index < -0.39 is 6.10 Å². The van der Waals surface area contributed by atoms with Crippen LogP contribution >= 0.6 is 0 Å². The molecule has 0 aromatic carbocycles. The summed E-state index contributed by atoms with van der Waals surface area (Å²) in [6.07, 6.45) is 2.51. The Morgan fingerprint density at radius 1 is 1.56 bits per heavy atom. The number of nitrogens with zero attached hydrogens (tertiary/aromatic N) is 1. The Balaban J connectivity index is 2.19. The third kappa shape index (κ3) is 2.14. The Labute approximate surface area is 92.7 Å². The maximum atomic E-state index is 12.0. The van der Waals surface area contributed by atoms with Crippen molar-refractivity contribution in [2.45, 2.75) is 18.9 Å². The van der Waals surface area contributed by atoms with E-state index in [1.807, 2.05) is 0 Å². The van der Waals surface area contributed by atoms with E-state index in [0.717, 1.165) is 12.8 Å². The van der Waals surface area contributed by atoms with Gasteiger partial charge in [0.05, 0.1) is 6.10 Å². The van der Waals surface area contributed by atoms with Crippen LogP contribution in [-0.2, 0) is 0 Å². The third-order valence-electron chi connectivity index (χ3n) is 2.73. The van der Waals surface area contributed by atoms with Crippen molar-refractivity contribution in [1.29, 1.82) is 0 Å². The molecule has 0 aliphatic carbocycles. The van der Waals surface area contributed by atoms with Gasteiger partial charge in [-0.2, -0.15) is 0 Å². The fraction of sp³-hybridized carbons (Fsp3) is 0.455. The zero-order valence-corrected chi connectivity index (χ0v) is 8.85. The van der Waals surface area contributed by atoms with Gasteiger partial charge in [-0.15, -0.1) is 0 Å². The van der Waals surface area contributed by atoms with E-state index in [1.165, 1.54) is 17.2 Å². The van der Waals surface area contributed by atoms with Gasteiger partial charge < -0.3 is 15.0 Å². The van der Waals surface area contributed by atoms with Crippen LogP contribution in [-0.4, -0.2) is 40.1 Å². The molecule has 1 saturated heterocycles. The number of piperidine rings is 1. The van der Waals surface area contributed by atoms with E-state index in [2.05, 4.69) is 4.98 Å². The van der Waals surface area contributed by atoms with Crippen LogP contribution in [0.4, 0.5) is 0 Å². The first-order chi connectivity index (χ1) is 7.68. The molecule has 0 saturated carbocycles. The molecule has 1 aromatic rings. The summed E-state index contributed by atoms with van der Waals surface area (Å²) in [5, 5.41) is 9.46. The Hall–Kier alpha value is -1.62. The second-order valence-electron chi connectivity index (χ2n) is 3.96. The lowest BCUT2D eigenvalue weighted by molar-refractivity contribution is 0.0472. The number of hydrogen-bond donors (Lipinski definition) is 2. The van der Waals surface area contributed by atoms with Crippen LogP contribution in [0, 0.1) is 0 Å². The van der Waals surface area contributed by atoms with Crippen LogP contribution in [0.15, 0.2) is 23.1 Å². The number of carbonyl (C=O) groups excluding carboxylic acids is 1. The molecule has 86 valence electrons. The first kappa shape index (κ1) is 10.9. The molecule has 1 aliphatic heterocycles. The number of rotatable bonds is 1. The minimum Gasteiger partial charge on any atom is -0.391 e. The summed E-state index contributed by atoms with van der Waals surface area (Å²) >= 11 is 0. The largest absolute Gasteiger partial charge is 0.391 e. The number of hydrogen-bond acceptors (Lipinski definition) is 3. The summed E-state index contributed by atoms with van der Waals surface area (Å²) in [7, 11) is 0. The highest BCUT2D eigenvalue weighted by Crippen LogP contribution is 2.11. The first-order valence-electron chi connectivity index (χ1n) is 5.33. The number of nitrogens with one attached hydrogen (secondary N) is 1. The number of carbonyl (C=O) groups is 1. The maximum Gasteiger partial charge on any atom is 0.260 e. The molecule has 5 heteroatoms. The number of likely N-dealkylation sites (tertiary alicyclic amines) is 1. The molecule has 0 unspecified atom stereocenters. The van der Waals surface area contributed by atoms with Crippen molar-refractivity contribution in [2.75, 3.05) is 13.1 Å². The third-order valence-corrected chi connectivity index (χ3v) is 2.73. The van der Waals surface area contributed by atoms with Crippen molar-refractivity contribution in [3.05, 3.63) is 34.2 Å². The molecule has 1 aliphatic rings. The Morgan fingerprint density at radius 3 is 3.06 bits per heavy atom. The van der Waals surface area contributed by atoms with E-state index in [9.17, 15) is 14.7 Å². The molecule has 2 heterocycles. The zero-order chi connectivity index (χ0) is 11.5. The van der Waals surface area contributed by atoms with Crippen molar-refractivity contribution in [3.63, 3.8) is 0 Å².